The van der Waals surface area contributed by atoms with Gasteiger partial charge in [-0.25, -0.2) is 0 Å². The maximum absolute atomic E-state index is 10.8. The molecule has 0 aliphatic heterocycles. The van der Waals surface area contributed by atoms with E-state index >= 15 is 0 Å². The van der Waals surface area contributed by atoms with Crippen molar-refractivity contribution in [1.82, 2.24) is 0 Å². The summed E-state index contributed by atoms with van der Waals surface area (Å²) in [5, 5.41) is 0. The minimum atomic E-state index is -3.07. The van der Waals surface area contributed by atoms with Crippen LogP contribution in [-0.4, -0.2) is 13.2 Å². The first-order chi connectivity index (χ1) is 15.1. The van der Waals surface area contributed by atoms with Gasteiger partial charge in [-0.2, -0.15) is 0 Å². The van der Waals surface area contributed by atoms with Crippen LogP contribution in [0.3, 0.4) is 0 Å². The molecule has 0 amide bonds. The van der Waals surface area contributed by atoms with E-state index in [4.69, 9.17) is 12.4 Å². The Hall–Kier alpha value is 2.33. The van der Waals surface area contributed by atoms with Crippen molar-refractivity contribution in [2.24, 2.45) is 0 Å². The molecule has 2 unspecified atom stereocenters. The Morgan fingerprint density at radius 3 is 1.03 bits per heavy atom. The Morgan fingerprint density at radius 1 is 0.594 bits per heavy atom. The molecule has 0 heterocycles. The topological polar surface area (TPSA) is 81.7 Å². The van der Waals surface area contributed by atoms with Gasteiger partial charge in [-0.1, -0.05) is 104 Å². The SMILES string of the molecule is CCCCCCCCCCOP([O-])(=S)[S-].CCCCCCCCCCOP([O-])(=S)[S-].[O]=[Mo+4]. The summed E-state index contributed by atoms with van der Waals surface area (Å²) < 4.78 is 18.0. The Morgan fingerprint density at radius 2 is 0.812 bits per heavy atom. The third-order valence-electron chi connectivity index (χ3n) is 4.49. The van der Waals surface area contributed by atoms with Gasteiger partial charge in [0, 0.05) is 13.2 Å². The van der Waals surface area contributed by atoms with Crippen LogP contribution in [-0.2, 0) is 80.3 Å². The fraction of sp³-hybridized carbons (Fsp3) is 1.00. The number of rotatable bonds is 20. The minimum absolute atomic E-state index is 0.458. The van der Waals surface area contributed by atoms with Crippen LogP contribution >= 0.6 is 11.4 Å². The van der Waals surface area contributed by atoms with Crippen LogP contribution in [0, 0.1) is 0 Å². The van der Waals surface area contributed by atoms with Gasteiger partial charge in [0.25, 0.3) is 0 Å². The third-order valence-corrected chi connectivity index (χ3v) is 6.76. The van der Waals surface area contributed by atoms with Crippen molar-refractivity contribution >= 4 is 59.5 Å². The molecule has 0 fully saturated rings. The zero-order valence-electron chi connectivity index (χ0n) is 19.7. The van der Waals surface area contributed by atoms with Crippen molar-refractivity contribution in [2.75, 3.05) is 13.2 Å². The first kappa shape index (κ1) is 38.9. The van der Waals surface area contributed by atoms with Crippen molar-refractivity contribution in [3.8, 4) is 0 Å². The van der Waals surface area contributed by atoms with Crippen molar-refractivity contribution in [2.45, 2.75) is 117 Å². The predicted molar refractivity (Wildman–Crippen MR) is 141 cm³/mol. The molecule has 0 spiro atoms. The Bertz CT molecular complexity index is 427. The first-order valence-corrected chi connectivity index (χ1v) is 19.7. The van der Waals surface area contributed by atoms with E-state index in [2.05, 4.69) is 62.0 Å². The molecule has 0 aromatic rings. The molecule has 12 heteroatoms. The molecule has 0 bridgehead atoms. The van der Waals surface area contributed by atoms with Crippen LogP contribution in [0.2, 0.25) is 0 Å². The van der Waals surface area contributed by atoms with Crippen molar-refractivity contribution in [3.63, 3.8) is 0 Å². The summed E-state index contributed by atoms with van der Waals surface area (Å²) in [5.41, 5.74) is -6.14. The predicted octanol–water partition coefficient (Wildman–Crippen LogP) is 6.43. The summed E-state index contributed by atoms with van der Waals surface area (Å²) in [4.78, 5) is 21.7. The third kappa shape index (κ3) is 45.8. The molecule has 5 nitrogen and oxygen atoms in total. The molecule has 32 heavy (non-hydrogen) atoms. The first-order valence-electron chi connectivity index (χ1n) is 11.6. The molecule has 0 N–H and O–H groups in total. The molecule has 0 radical (unpaired) electrons. The molecule has 0 saturated heterocycles. The molecule has 0 aliphatic carbocycles. The molecule has 0 saturated carbocycles. The average Bonchev–Trinajstić information content (AvgIpc) is 2.72. The summed E-state index contributed by atoms with van der Waals surface area (Å²) in [5.74, 6) is 0. The molecule has 0 aliphatic rings. The molecule has 0 aromatic heterocycles. The fourth-order valence-electron chi connectivity index (χ4n) is 2.82. The Kier molecular flexibility index (Phi) is 35.9. The van der Waals surface area contributed by atoms with Crippen molar-refractivity contribution < 1.29 is 42.0 Å². The molecular formula is C20H42MoO5P2S4. The second kappa shape index (κ2) is 29.6. The summed E-state index contributed by atoms with van der Waals surface area (Å²) in [6, 6.07) is 0. The van der Waals surface area contributed by atoms with Gasteiger partial charge in [0.05, 0.1) is 0 Å². The average molecular weight is 649 g/mol. The Balaban J connectivity index is -0.000000487. The Labute approximate surface area is 229 Å². The van der Waals surface area contributed by atoms with Gasteiger partial charge in [0.2, 0.25) is 0 Å². The van der Waals surface area contributed by atoms with Crippen molar-refractivity contribution in [3.05, 3.63) is 0 Å². The van der Waals surface area contributed by atoms with Crippen LogP contribution in [0.15, 0.2) is 0 Å². The van der Waals surface area contributed by atoms with Crippen molar-refractivity contribution in [1.29, 1.82) is 0 Å². The molecule has 0 aromatic carbocycles. The van der Waals surface area contributed by atoms with Gasteiger partial charge in [-0.3, -0.25) is 0 Å². The van der Waals surface area contributed by atoms with Crippen LogP contribution in [0.25, 0.3) is 0 Å². The zero-order valence-corrected chi connectivity index (χ0v) is 26.8. The summed E-state index contributed by atoms with van der Waals surface area (Å²) in [7, 11) is 0. The maximum atomic E-state index is 10.8. The monoisotopic (exact) mass is 650 g/mol. The van der Waals surface area contributed by atoms with E-state index in [0.717, 1.165) is 25.7 Å². The quantitative estimate of drug-likeness (QED) is 0.0642. The van der Waals surface area contributed by atoms with E-state index in [1.54, 1.807) is 0 Å². The van der Waals surface area contributed by atoms with Gasteiger partial charge < -0.3 is 43.3 Å². The molecular weight excluding hydrogens is 606 g/mol. The fourth-order valence-corrected chi connectivity index (χ4v) is 4.42. The van der Waals surface area contributed by atoms with Crippen LogP contribution in [0.4, 0.5) is 0 Å². The normalized spacial score (nSPS) is 14.4. The second-order valence-electron chi connectivity index (χ2n) is 7.51. The van der Waals surface area contributed by atoms with E-state index in [9.17, 15) is 9.79 Å². The van der Waals surface area contributed by atoms with Gasteiger partial charge in [0.1, 0.15) is 0 Å². The van der Waals surface area contributed by atoms with Gasteiger partial charge in [0.15, 0.2) is 0 Å². The summed E-state index contributed by atoms with van der Waals surface area (Å²) in [6.07, 6.45) is 19.8. The number of unbranched alkanes of at least 4 members (excludes halogenated alkanes) is 14. The molecule has 0 rings (SSSR count). The van der Waals surface area contributed by atoms with E-state index in [1.807, 2.05) is 0 Å². The summed E-state index contributed by atoms with van der Waals surface area (Å²) in [6.45, 7) is 5.36. The van der Waals surface area contributed by atoms with Gasteiger partial charge >= 0.3 is 23.2 Å². The van der Waals surface area contributed by atoms with Gasteiger partial charge in [-0.05, 0) is 12.8 Å². The molecule has 192 valence electrons. The van der Waals surface area contributed by atoms with E-state index in [0.29, 0.717) is 33.0 Å². The van der Waals surface area contributed by atoms with Crippen LogP contribution in [0.5, 0.6) is 0 Å². The number of hydrogen-bond acceptors (Lipinski definition) is 9. The summed E-state index contributed by atoms with van der Waals surface area (Å²) >= 11 is 18.6. The second-order valence-corrected chi connectivity index (χ2v) is 17.0. The molecule has 2 atom stereocenters. The van der Waals surface area contributed by atoms with Crippen LogP contribution in [0.1, 0.15) is 117 Å². The zero-order chi connectivity index (χ0) is 25.1. The number of hydrogen-bond donors (Lipinski definition) is 0. The van der Waals surface area contributed by atoms with E-state index in [-0.39, 0.29) is 0 Å². The van der Waals surface area contributed by atoms with E-state index < -0.39 is 11.4 Å². The van der Waals surface area contributed by atoms with E-state index in [1.165, 1.54) is 77.0 Å². The van der Waals surface area contributed by atoms with Crippen LogP contribution < -0.4 is 9.79 Å². The van der Waals surface area contributed by atoms with Gasteiger partial charge in [-0.15, -0.1) is 35.0 Å². The standard InChI is InChI=1S/2C10H23O2PS2.Mo.O/c2*1-2-3-4-5-6-7-8-9-10-12-13(11,14)15;;/h2*2-10H2,1H3,(H2,11,14,15);;/q;;+4;/p-4.